The van der Waals surface area contributed by atoms with E-state index in [0.717, 1.165) is 22.1 Å². The molecule has 0 amide bonds. The summed E-state index contributed by atoms with van der Waals surface area (Å²) in [6.45, 7) is 2.55. The number of nitrogens with zero attached hydrogens (tertiary/aromatic N) is 1. The molecule has 0 saturated heterocycles. The normalized spacial score (nSPS) is 12.3. The van der Waals surface area contributed by atoms with Gasteiger partial charge < -0.3 is 14.8 Å². The number of rotatable bonds is 6. The number of thiocarbonyl (C=S) groups is 1. The molecule has 23 heavy (non-hydrogen) atoms. The molecule has 6 heteroatoms. The molecule has 0 aromatic heterocycles. The van der Waals surface area contributed by atoms with Gasteiger partial charge in [-0.05, 0) is 36.0 Å². The fourth-order valence-corrected chi connectivity index (χ4v) is 2.54. The van der Waals surface area contributed by atoms with E-state index >= 15 is 0 Å². The van der Waals surface area contributed by atoms with E-state index in [1.807, 2.05) is 37.3 Å². The van der Waals surface area contributed by atoms with Gasteiger partial charge in [-0.2, -0.15) is 5.10 Å². The Morgan fingerprint density at radius 1 is 1.26 bits per heavy atom. The van der Waals surface area contributed by atoms with Crippen LogP contribution in [-0.2, 0) is 4.74 Å². The standard InChI is InChI=1S/C17H21N3O2S/c1-12(11-21-2)19-17(23)20-18-10-15-14-7-5-4-6-13(14)8-9-16(15)22-3/h4-10,12H,11H2,1-3H3,(H2,19,20,23)/b18-10-/t12-/m0/s1. The average Bonchev–Trinajstić information content (AvgIpc) is 2.55. The van der Waals surface area contributed by atoms with E-state index < -0.39 is 0 Å². The van der Waals surface area contributed by atoms with Crippen LogP contribution in [0.5, 0.6) is 5.75 Å². The molecule has 0 aliphatic carbocycles. The SMILES string of the molecule is COC[C@H](C)NC(=S)N/N=C\c1c(OC)ccc2ccccc12. The Balaban J connectivity index is 2.13. The van der Waals surface area contributed by atoms with Crippen molar-refractivity contribution in [2.45, 2.75) is 13.0 Å². The van der Waals surface area contributed by atoms with E-state index in [1.165, 1.54) is 0 Å². The number of hydrogen-bond donors (Lipinski definition) is 2. The second-order valence-electron chi connectivity index (χ2n) is 5.10. The average molecular weight is 331 g/mol. The molecule has 0 radical (unpaired) electrons. The highest BCUT2D eigenvalue weighted by Gasteiger charge is 2.06. The van der Waals surface area contributed by atoms with Crippen molar-refractivity contribution in [2.24, 2.45) is 5.10 Å². The molecule has 2 N–H and O–H groups in total. The van der Waals surface area contributed by atoms with Crippen molar-refractivity contribution in [3.63, 3.8) is 0 Å². The van der Waals surface area contributed by atoms with E-state index in [0.29, 0.717) is 11.7 Å². The zero-order valence-electron chi connectivity index (χ0n) is 13.5. The Morgan fingerprint density at radius 2 is 2.04 bits per heavy atom. The quantitative estimate of drug-likeness (QED) is 0.484. The summed E-state index contributed by atoms with van der Waals surface area (Å²) in [5, 5.41) is 9.95. The van der Waals surface area contributed by atoms with Gasteiger partial charge in [0.05, 0.1) is 19.9 Å². The zero-order chi connectivity index (χ0) is 16.7. The maximum atomic E-state index is 5.42. The lowest BCUT2D eigenvalue weighted by Crippen LogP contribution is -2.40. The smallest absolute Gasteiger partial charge is 0.187 e. The van der Waals surface area contributed by atoms with Crippen molar-refractivity contribution in [2.75, 3.05) is 20.8 Å². The predicted octanol–water partition coefficient (Wildman–Crippen LogP) is 2.68. The van der Waals surface area contributed by atoms with Crippen LogP contribution in [-0.4, -0.2) is 38.2 Å². The zero-order valence-corrected chi connectivity index (χ0v) is 14.3. The molecule has 1 atom stereocenters. The van der Waals surface area contributed by atoms with Crippen LogP contribution in [0.1, 0.15) is 12.5 Å². The monoisotopic (exact) mass is 331 g/mol. The number of hydrogen-bond acceptors (Lipinski definition) is 4. The molecule has 2 rings (SSSR count). The van der Waals surface area contributed by atoms with Crippen LogP contribution in [0.15, 0.2) is 41.5 Å². The van der Waals surface area contributed by atoms with Gasteiger partial charge in [0.2, 0.25) is 0 Å². The Hall–Kier alpha value is -2.18. The van der Waals surface area contributed by atoms with E-state index in [-0.39, 0.29) is 6.04 Å². The Bertz CT molecular complexity index is 703. The van der Waals surface area contributed by atoms with Crippen molar-refractivity contribution in [1.29, 1.82) is 0 Å². The third-order valence-electron chi connectivity index (χ3n) is 3.30. The fraction of sp³-hybridized carbons (Fsp3) is 0.294. The van der Waals surface area contributed by atoms with Crippen LogP contribution >= 0.6 is 12.2 Å². The summed E-state index contributed by atoms with van der Waals surface area (Å²) >= 11 is 5.19. The van der Waals surface area contributed by atoms with Crippen LogP contribution < -0.4 is 15.5 Å². The minimum atomic E-state index is 0.113. The van der Waals surface area contributed by atoms with Crippen LogP contribution in [0.3, 0.4) is 0 Å². The van der Waals surface area contributed by atoms with Crippen molar-refractivity contribution in [3.05, 3.63) is 42.0 Å². The highest BCUT2D eigenvalue weighted by atomic mass is 32.1. The number of benzene rings is 2. The van der Waals surface area contributed by atoms with Crippen LogP contribution in [0.2, 0.25) is 0 Å². The number of methoxy groups -OCH3 is 2. The van der Waals surface area contributed by atoms with Gasteiger partial charge in [0, 0.05) is 18.7 Å². The molecule has 0 aliphatic heterocycles. The second kappa shape index (κ2) is 8.45. The van der Waals surface area contributed by atoms with Gasteiger partial charge in [-0.15, -0.1) is 0 Å². The third-order valence-corrected chi connectivity index (χ3v) is 3.51. The Morgan fingerprint density at radius 3 is 2.78 bits per heavy atom. The van der Waals surface area contributed by atoms with Crippen molar-refractivity contribution >= 4 is 34.3 Å². The molecule has 2 aromatic carbocycles. The summed E-state index contributed by atoms with van der Waals surface area (Å²) < 4.78 is 10.5. The molecule has 0 unspecified atom stereocenters. The number of hydrazone groups is 1. The lowest BCUT2D eigenvalue weighted by molar-refractivity contribution is 0.179. The molecular weight excluding hydrogens is 310 g/mol. The molecular formula is C17H21N3O2S. The number of fused-ring (bicyclic) bond motifs is 1. The molecule has 0 aliphatic rings. The third kappa shape index (κ3) is 4.64. The Kier molecular flexibility index (Phi) is 6.31. The molecule has 0 spiro atoms. The lowest BCUT2D eigenvalue weighted by atomic mass is 10.0. The second-order valence-corrected chi connectivity index (χ2v) is 5.51. The molecule has 122 valence electrons. The van der Waals surface area contributed by atoms with E-state index in [4.69, 9.17) is 21.7 Å². The van der Waals surface area contributed by atoms with Gasteiger partial charge in [0.1, 0.15) is 5.75 Å². The lowest BCUT2D eigenvalue weighted by Gasteiger charge is -2.14. The van der Waals surface area contributed by atoms with Crippen LogP contribution in [0.4, 0.5) is 0 Å². The van der Waals surface area contributed by atoms with Crippen molar-refractivity contribution < 1.29 is 9.47 Å². The first-order valence-electron chi connectivity index (χ1n) is 7.30. The summed E-state index contributed by atoms with van der Waals surface area (Å²) in [4.78, 5) is 0. The highest BCUT2D eigenvalue weighted by Crippen LogP contribution is 2.26. The summed E-state index contributed by atoms with van der Waals surface area (Å²) in [5.74, 6) is 0.765. The highest BCUT2D eigenvalue weighted by molar-refractivity contribution is 7.80. The maximum Gasteiger partial charge on any atom is 0.187 e. The fourth-order valence-electron chi connectivity index (χ4n) is 2.29. The minimum absolute atomic E-state index is 0.113. The van der Waals surface area contributed by atoms with E-state index in [1.54, 1.807) is 20.4 Å². The Labute approximate surface area is 141 Å². The maximum absolute atomic E-state index is 5.42. The summed E-state index contributed by atoms with van der Waals surface area (Å²) in [5.41, 5.74) is 3.72. The molecule has 0 fully saturated rings. The van der Waals surface area contributed by atoms with E-state index in [2.05, 4.69) is 21.9 Å². The molecule has 0 heterocycles. The van der Waals surface area contributed by atoms with Gasteiger partial charge >= 0.3 is 0 Å². The van der Waals surface area contributed by atoms with Gasteiger partial charge in [0.25, 0.3) is 0 Å². The van der Waals surface area contributed by atoms with Gasteiger partial charge in [0.15, 0.2) is 5.11 Å². The largest absolute Gasteiger partial charge is 0.496 e. The number of ether oxygens (including phenoxy) is 2. The molecule has 5 nitrogen and oxygen atoms in total. The van der Waals surface area contributed by atoms with Crippen molar-refractivity contribution in [1.82, 2.24) is 10.7 Å². The summed E-state index contributed by atoms with van der Waals surface area (Å²) in [7, 11) is 3.30. The predicted molar refractivity (Wildman–Crippen MR) is 98.3 cm³/mol. The molecule has 0 bridgehead atoms. The topological polar surface area (TPSA) is 54.9 Å². The first kappa shape index (κ1) is 17.2. The van der Waals surface area contributed by atoms with Gasteiger partial charge in [-0.3, -0.25) is 5.43 Å². The molecule has 2 aromatic rings. The van der Waals surface area contributed by atoms with Crippen LogP contribution in [0, 0.1) is 0 Å². The summed E-state index contributed by atoms with van der Waals surface area (Å²) in [6, 6.07) is 12.2. The first-order valence-corrected chi connectivity index (χ1v) is 7.70. The van der Waals surface area contributed by atoms with Crippen molar-refractivity contribution in [3.8, 4) is 5.75 Å². The first-order chi connectivity index (χ1) is 11.2. The van der Waals surface area contributed by atoms with Gasteiger partial charge in [-0.1, -0.05) is 30.3 Å². The molecule has 0 saturated carbocycles. The van der Waals surface area contributed by atoms with Gasteiger partial charge in [-0.25, -0.2) is 0 Å². The minimum Gasteiger partial charge on any atom is -0.496 e. The van der Waals surface area contributed by atoms with Crippen LogP contribution in [0.25, 0.3) is 10.8 Å². The summed E-state index contributed by atoms with van der Waals surface area (Å²) in [6.07, 6.45) is 1.72. The van der Waals surface area contributed by atoms with E-state index in [9.17, 15) is 0 Å². The number of nitrogens with one attached hydrogen (secondary N) is 2.